The van der Waals surface area contributed by atoms with Gasteiger partial charge < -0.3 is 15.7 Å². The maximum Gasteiger partial charge on any atom is 0.182 e. The smallest absolute Gasteiger partial charge is 0.182 e. The molecule has 7 nitrogen and oxygen atoms in total. The number of sulfone groups is 1. The number of nitrogens with two attached hydrogens (primary N) is 1. The zero-order valence-electron chi connectivity index (χ0n) is 10.9. The molecule has 1 rings (SSSR count). The van der Waals surface area contributed by atoms with Gasteiger partial charge in [0.15, 0.2) is 20.6 Å². The number of hydrogen-bond donors (Lipinski definition) is 2. The van der Waals surface area contributed by atoms with Crippen LogP contribution >= 0.6 is 0 Å². The molecule has 0 aliphatic rings. The fraction of sp³-hybridized carbons (Fsp3) is 0.700. The van der Waals surface area contributed by atoms with Crippen LogP contribution in [0, 0.1) is 0 Å². The van der Waals surface area contributed by atoms with Crippen molar-refractivity contribution in [1.82, 2.24) is 9.78 Å². The molecule has 0 atom stereocenters. The van der Waals surface area contributed by atoms with Crippen LogP contribution in [-0.4, -0.2) is 49.8 Å². The molecule has 0 saturated carbocycles. The Kier molecular flexibility index (Phi) is 4.58. The number of nitrogen functional groups attached to an aromatic ring is 1. The maximum absolute atomic E-state index is 11.8. The van der Waals surface area contributed by atoms with E-state index in [9.17, 15) is 8.42 Å². The molecule has 1 heterocycles. The van der Waals surface area contributed by atoms with Crippen LogP contribution in [-0.2, 0) is 16.4 Å². The summed E-state index contributed by atoms with van der Waals surface area (Å²) in [7, 11) is -1.69. The van der Waals surface area contributed by atoms with Gasteiger partial charge in [-0.15, -0.1) is 0 Å². The third-order valence-corrected chi connectivity index (χ3v) is 3.67. The molecule has 0 fully saturated rings. The highest BCUT2D eigenvalue weighted by molar-refractivity contribution is 7.91. The van der Waals surface area contributed by atoms with Gasteiger partial charge in [0.1, 0.15) is 5.82 Å². The van der Waals surface area contributed by atoms with Crippen molar-refractivity contribution in [2.45, 2.75) is 24.8 Å². The van der Waals surface area contributed by atoms with E-state index in [1.807, 2.05) is 6.92 Å². The number of aromatic nitrogens is 2. The molecule has 1 aromatic heterocycles. The second kappa shape index (κ2) is 5.57. The second-order valence-corrected chi connectivity index (χ2v) is 6.13. The molecule has 0 aliphatic heterocycles. The van der Waals surface area contributed by atoms with E-state index in [2.05, 4.69) is 5.10 Å². The lowest BCUT2D eigenvalue weighted by Crippen LogP contribution is -2.20. The molecule has 0 saturated heterocycles. The Morgan fingerprint density at radius 3 is 2.56 bits per heavy atom. The lowest BCUT2D eigenvalue weighted by molar-refractivity contribution is 0.270. The summed E-state index contributed by atoms with van der Waals surface area (Å²) >= 11 is 0. The highest BCUT2D eigenvalue weighted by atomic mass is 32.2. The number of anilines is 2. The van der Waals surface area contributed by atoms with Crippen LogP contribution < -0.4 is 10.6 Å². The van der Waals surface area contributed by atoms with E-state index in [4.69, 9.17) is 10.8 Å². The molecular formula is C10H20N4O3S. The highest BCUT2D eigenvalue weighted by Crippen LogP contribution is 2.29. The Hall–Kier alpha value is -1.28. The van der Waals surface area contributed by atoms with Gasteiger partial charge in [-0.05, 0) is 6.42 Å². The van der Waals surface area contributed by atoms with Crippen LogP contribution in [0.25, 0.3) is 0 Å². The predicted octanol–water partition coefficient (Wildman–Crippen LogP) is -0.293. The first-order valence-electron chi connectivity index (χ1n) is 5.71. The SMILES string of the molecule is CCCN(C)c1nn(CCO)c(N)c1S(C)(=O)=O. The Bertz CT molecular complexity index is 509. The van der Waals surface area contributed by atoms with Crippen LogP contribution in [0.1, 0.15) is 13.3 Å². The molecule has 0 unspecified atom stereocenters. The van der Waals surface area contributed by atoms with Crippen molar-refractivity contribution in [2.24, 2.45) is 0 Å². The fourth-order valence-corrected chi connectivity index (χ4v) is 2.77. The summed E-state index contributed by atoms with van der Waals surface area (Å²) in [4.78, 5) is 1.78. The first kappa shape index (κ1) is 14.8. The van der Waals surface area contributed by atoms with E-state index >= 15 is 0 Å². The van der Waals surface area contributed by atoms with Crippen molar-refractivity contribution in [3.8, 4) is 0 Å². The van der Waals surface area contributed by atoms with E-state index < -0.39 is 9.84 Å². The fourth-order valence-electron chi connectivity index (χ4n) is 1.76. The Morgan fingerprint density at radius 1 is 1.50 bits per heavy atom. The van der Waals surface area contributed by atoms with Crippen LogP contribution in [0.3, 0.4) is 0 Å². The number of aliphatic hydroxyl groups is 1. The second-order valence-electron chi connectivity index (χ2n) is 4.18. The number of hydrogen-bond acceptors (Lipinski definition) is 6. The average molecular weight is 276 g/mol. The lowest BCUT2D eigenvalue weighted by atomic mass is 10.4. The average Bonchev–Trinajstić information content (AvgIpc) is 2.57. The summed E-state index contributed by atoms with van der Waals surface area (Å²) in [6.45, 7) is 2.70. The quantitative estimate of drug-likeness (QED) is 0.740. The Labute approximate surface area is 107 Å². The number of rotatable bonds is 6. The van der Waals surface area contributed by atoms with E-state index in [1.165, 1.54) is 4.68 Å². The molecule has 104 valence electrons. The Balaban J connectivity index is 3.35. The molecule has 0 spiro atoms. The molecule has 0 aliphatic carbocycles. The van der Waals surface area contributed by atoms with Crippen LogP contribution in [0.15, 0.2) is 4.90 Å². The largest absolute Gasteiger partial charge is 0.394 e. The maximum atomic E-state index is 11.8. The Morgan fingerprint density at radius 2 is 2.11 bits per heavy atom. The van der Waals surface area contributed by atoms with Gasteiger partial charge in [-0.2, -0.15) is 5.10 Å². The van der Waals surface area contributed by atoms with Crippen molar-refractivity contribution in [1.29, 1.82) is 0 Å². The summed E-state index contributed by atoms with van der Waals surface area (Å²) in [5, 5.41) is 13.1. The minimum absolute atomic E-state index is 0.0342. The van der Waals surface area contributed by atoms with E-state index in [0.717, 1.165) is 12.7 Å². The van der Waals surface area contributed by atoms with Crippen molar-refractivity contribution >= 4 is 21.5 Å². The van der Waals surface area contributed by atoms with E-state index in [0.29, 0.717) is 12.4 Å². The van der Waals surface area contributed by atoms with Gasteiger partial charge in [-0.1, -0.05) is 6.92 Å². The van der Waals surface area contributed by atoms with Crippen molar-refractivity contribution in [2.75, 3.05) is 37.1 Å². The van der Waals surface area contributed by atoms with Crippen LogP contribution in [0.2, 0.25) is 0 Å². The summed E-state index contributed by atoms with van der Waals surface area (Å²) in [6, 6.07) is 0. The highest BCUT2D eigenvalue weighted by Gasteiger charge is 2.25. The van der Waals surface area contributed by atoms with Gasteiger partial charge in [0.05, 0.1) is 13.2 Å². The van der Waals surface area contributed by atoms with Gasteiger partial charge in [0.2, 0.25) is 0 Å². The predicted molar refractivity (Wildman–Crippen MR) is 70.4 cm³/mol. The van der Waals surface area contributed by atoms with Gasteiger partial charge in [-0.3, -0.25) is 0 Å². The molecule has 1 aromatic rings. The first-order valence-corrected chi connectivity index (χ1v) is 7.60. The van der Waals surface area contributed by atoms with Gasteiger partial charge in [0.25, 0.3) is 0 Å². The van der Waals surface area contributed by atoms with E-state index in [-0.39, 0.29) is 23.9 Å². The lowest BCUT2D eigenvalue weighted by Gasteiger charge is -2.16. The van der Waals surface area contributed by atoms with Gasteiger partial charge >= 0.3 is 0 Å². The molecular weight excluding hydrogens is 256 g/mol. The normalized spacial score (nSPS) is 11.8. The summed E-state index contributed by atoms with van der Waals surface area (Å²) in [6.07, 6.45) is 1.97. The zero-order chi connectivity index (χ0) is 13.9. The summed E-state index contributed by atoms with van der Waals surface area (Å²) in [5.74, 6) is 0.412. The summed E-state index contributed by atoms with van der Waals surface area (Å²) in [5.41, 5.74) is 5.79. The first-order chi connectivity index (χ1) is 8.32. The van der Waals surface area contributed by atoms with Crippen molar-refractivity contribution in [3.05, 3.63) is 0 Å². The van der Waals surface area contributed by atoms with E-state index in [1.54, 1.807) is 11.9 Å². The summed E-state index contributed by atoms with van der Waals surface area (Å²) < 4.78 is 24.9. The molecule has 18 heavy (non-hydrogen) atoms. The van der Waals surface area contributed by atoms with Crippen LogP contribution in [0.5, 0.6) is 0 Å². The van der Waals surface area contributed by atoms with Crippen LogP contribution in [0.4, 0.5) is 11.6 Å². The molecule has 3 N–H and O–H groups in total. The number of aliphatic hydroxyl groups excluding tert-OH is 1. The van der Waals surface area contributed by atoms with Gasteiger partial charge in [0, 0.05) is 19.8 Å². The third-order valence-electron chi connectivity index (χ3n) is 2.53. The van der Waals surface area contributed by atoms with Crippen molar-refractivity contribution in [3.63, 3.8) is 0 Å². The minimum atomic E-state index is -3.46. The molecule has 0 radical (unpaired) electrons. The molecule has 0 amide bonds. The topological polar surface area (TPSA) is 101 Å². The third kappa shape index (κ3) is 2.94. The van der Waals surface area contributed by atoms with Gasteiger partial charge in [-0.25, -0.2) is 13.1 Å². The zero-order valence-corrected chi connectivity index (χ0v) is 11.7. The monoisotopic (exact) mass is 276 g/mol. The molecule has 0 aromatic carbocycles. The standard InChI is InChI=1S/C10H20N4O3S/c1-4-5-13(2)10-8(18(3,16)17)9(11)14(12-10)6-7-15/h15H,4-7,11H2,1-3H3. The molecule has 8 heteroatoms. The van der Waals surface area contributed by atoms with Crippen molar-refractivity contribution < 1.29 is 13.5 Å². The minimum Gasteiger partial charge on any atom is -0.394 e. The number of nitrogens with zero attached hydrogens (tertiary/aromatic N) is 3. The molecule has 0 bridgehead atoms.